The second-order valence-corrected chi connectivity index (χ2v) is 4.37. The number of nitrogens with zero attached hydrogens (tertiary/aromatic N) is 1. The molecule has 2 heterocycles. The maximum atomic E-state index is 10.9. The van der Waals surface area contributed by atoms with E-state index in [1.807, 2.05) is 0 Å². The van der Waals surface area contributed by atoms with E-state index in [2.05, 4.69) is 24.1 Å². The molecule has 1 amide bonds. The minimum absolute atomic E-state index is 0.0624. The number of ether oxygens (including phenoxy) is 1. The molecule has 2 fully saturated rings. The molecule has 2 unspecified atom stereocenters. The summed E-state index contributed by atoms with van der Waals surface area (Å²) in [5.41, 5.74) is 0. The standard InChI is InChI=1S/C10H18N2O2/c1-7(2)12-5-3-4-8(12)9-6-11-10(13)14-9/h7-9H,3-6H2,1-2H3,(H,11,13). The van der Waals surface area contributed by atoms with Crippen LogP contribution in [0.15, 0.2) is 0 Å². The lowest BCUT2D eigenvalue weighted by Gasteiger charge is -2.30. The van der Waals surface area contributed by atoms with Gasteiger partial charge >= 0.3 is 6.09 Å². The molecule has 2 aliphatic heterocycles. The maximum absolute atomic E-state index is 10.9. The molecular weight excluding hydrogens is 180 g/mol. The molecule has 0 spiro atoms. The summed E-state index contributed by atoms with van der Waals surface area (Å²) in [6, 6.07) is 0.968. The van der Waals surface area contributed by atoms with Crippen molar-refractivity contribution in [3.8, 4) is 0 Å². The van der Waals surface area contributed by atoms with Crippen LogP contribution >= 0.6 is 0 Å². The normalized spacial score (nSPS) is 33.5. The van der Waals surface area contributed by atoms with Gasteiger partial charge in [-0.15, -0.1) is 0 Å². The van der Waals surface area contributed by atoms with Gasteiger partial charge in [-0.25, -0.2) is 4.79 Å². The van der Waals surface area contributed by atoms with Gasteiger partial charge in [0.05, 0.1) is 6.54 Å². The fourth-order valence-corrected chi connectivity index (χ4v) is 2.47. The number of hydrogen-bond donors (Lipinski definition) is 1. The first kappa shape index (κ1) is 9.77. The Hall–Kier alpha value is -0.770. The van der Waals surface area contributed by atoms with E-state index in [1.54, 1.807) is 0 Å². The van der Waals surface area contributed by atoms with Gasteiger partial charge < -0.3 is 10.1 Å². The average molecular weight is 198 g/mol. The van der Waals surface area contributed by atoms with Crippen molar-refractivity contribution in [2.45, 2.75) is 44.9 Å². The highest BCUT2D eigenvalue weighted by Crippen LogP contribution is 2.25. The quantitative estimate of drug-likeness (QED) is 0.718. The molecule has 80 valence electrons. The van der Waals surface area contributed by atoms with E-state index in [0.717, 1.165) is 13.0 Å². The van der Waals surface area contributed by atoms with Crippen LogP contribution < -0.4 is 5.32 Å². The van der Waals surface area contributed by atoms with Crippen LogP contribution in [0.4, 0.5) is 4.79 Å². The molecule has 1 N–H and O–H groups in total. The van der Waals surface area contributed by atoms with Crippen molar-refractivity contribution in [1.29, 1.82) is 0 Å². The Balaban J connectivity index is 1.99. The minimum Gasteiger partial charge on any atom is -0.443 e. The van der Waals surface area contributed by atoms with Crippen molar-refractivity contribution in [2.75, 3.05) is 13.1 Å². The van der Waals surface area contributed by atoms with E-state index in [9.17, 15) is 4.79 Å². The highest BCUT2D eigenvalue weighted by Gasteiger charge is 2.38. The molecule has 0 aromatic rings. The molecule has 4 heteroatoms. The number of carbonyl (C=O) groups is 1. The molecule has 0 aromatic carbocycles. The zero-order chi connectivity index (χ0) is 10.1. The Morgan fingerprint density at radius 3 is 2.93 bits per heavy atom. The fraction of sp³-hybridized carbons (Fsp3) is 0.900. The van der Waals surface area contributed by atoms with Crippen molar-refractivity contribution in [2.24, 2.45) is 0 Å². The maximum Gasteiger partial charge on any atom is 0.407 e. The van der Waals surface area contributed by atoms with Gasteiger partial charge in [-0.05, 0) is 33.2 Å². The van der Waals surface area contributed by atoms with E-state index >= 15 is 0 Å². The first-order valence-electron chi connectivity index (χ1n) is 5.38. The lowest BCUT2D eigenvalue weighted by atomic mass is 10.1. The van der Waals surface area contributed by atoms with Gasteiger partial charge in [0.1, 0.15) is 6.10 Å². The summed E-state index contributed by atoms with van der Waals surface area (Å²) in [6.07, 6.45) is 2.17. The SMILES string of the molecule is CC(C)N1CCCC1C1CNC(=O)O1. The van der Waals surface area contributed by atoms with E-state index < -0.39 is 0 Å². The van der Waals surface area contributed by atoms with E-state index in [1.165, 1.54) is 6.42 Å². The molecule has 0 aromatic heterocycles. The number of likely N-dealkylation sites (tertiary alicyclic amines) is 1. The number of alkyl carbamates (subject to hydrolysis) is 1. The van der Waals surface area contributed by atoms with Crippen molar-refractivity contribution >= 4 is 6.09 Å². The highest BCUT2D eigenvalue weighted by atomic mass is 16.6. The summed E-state index contributed by atoms with van der Waals surface area (Å²) in [7, 11) is 0. The topological polar surface area (TPSA) is 41.6 Å². The molecule has 14 heavy (non-hydrogen) atoms. The summed E-state index contributed by atoms with van der Waals surface area (Å²) in [5.74, 6) is 0. The van der Waals surface area contributed by atoms with Crippen LogP contribution in [-0.4, -0.2) is 42.3 Å². The van der Waals surface area contributed by atoms with Crippen LogP contribution in [0.5, 0.6) is 0 Å². The molecular formula is C10H18N2O2. The lowest BCUT2D eigenvalue weighted by molar-refractivity contribution is 0.0661. The van der Waals surface area contributed by atoms with Crippen LogP contribution in [0.3, 0.4) is 0 Å². The van der Waals surface area contributed by atoms with Crippen molar-refractivity contribution in [1.82, 2.24) is 10.2 Å². The molecule has 2 saturated heterocycles. The van der Waals surface area contributed by atoms with Crippen molar-refractivity contribution < 1.29 is 9.53 Å². The minimum atomic E-state index is -0.259. The van der Waals surface area contributed by atoms with Crippen LogP contribution in [0, 0.1) is 0 Å². The summed E-state index contributed by atoms with van der Waals surface area (Å²) < 4.78 is 5.23. The predicted molar refractivity (Wildman–Crippen MR) is 53.1 cm³/mol. The smallest absolute Gasteiger partial charge is 0.407 e. The van der Waals surface area contributed by atoms with E-state index in [-0.39, 0.29) is 12.2 Å². The van der Waals surface area contributed by atoms with Gasteiger partial charge in [0.15, 0.2) is 0 Å². The third-order valence-electron chi connectivity index (χ3n) is 3.14. The van der Waals surface area contributed by atoms with Gasteiger partial charge in [0.25, 0.3) is 0 Å². The molecule has 0 aliphatic carbocycles. The highest BCUT2D eigenvalue weighted by molar-refractivity contribution is 5.69. The van der Waals surface area contributed by atoms with Gasteiger partial charge in [-0.2, -0.15) is 0 Å². The van der Waals surface area contributed by atoms with Crippen LogP contribution in [0.2, 0.25) is 0 Å². The van der Waals surface area contributed by atoms with Gasteiger partial charge in [-0.1, -0.05) is 0 Å². The molecule has 2 atom stereocenters. The third-order valence-corrected chi connectivity index (χ3v) is 3.14. The van der Waals surface area contributed by atoms with Gasteiger partial charge in [0.2, 0.25) is 0 Å². The number of nitrogens with one attached hydrogen (secondary N) is 1. The second kappa shape index (κ2) is 3.77. The lowest BCUT2D eigenvalue weighted by Crippen LogP contribution is -2.44. The Bertz CT molecular complexity index is 230. The second-order valence-electron chi connectivity index (χ2n) is 4.37. The molecule has 0 radical (unpaired) electrons. The molecule has 4 nitrogen and oxygen atoms in total. The number of cyclic esters (lactones) is 1. The van der Waals surface area contributed by atoms with Crippen LogP contribution in [-0.2, 0) is 4.74 Å². The summed E-state index contributed by atoms with van der Waals surface area (Å²) in [4.78, 5) is 13.4. The predicted octanol–water partition coefficient (Wildman–Crippen LogP) is 0.968. The molecule has 2 aliphatic rings. The van der Waals surface area contributed by atoms with Crippen molar-refractivity contribution in [3.05, 3.63) is 0 Å². The Labute approximate surface area is 84.6 Å². The monoisotopic (exact) mass is 198 g/mol. The number of rotatable bonds is 2. The zero-order valence-corrected chi connectivity index (χ0v) is 8.82. The average Bonchev–Trinajstić information content (AvgIpc) is 2.70. The Kier molecular flexibility index (Phi) is 2.63. The molecule has 0 saturated carbocycles. The first-order valence-corrected chi connectivity index (χ1v) is 5.38. The summed E-state index contributed by atoms with van der Waals surface area (Å²) in [6.45, 7) is 6.20. The largest absolute Gasteiger partial charge is 0.443 e. The summed E-state index contributed by atoms with van der Waals surface area (Å²) >= 11 is 0. The number of amides is 1. The Morgan fingerprint density at radius 1 is 1.57 bits per heavy atom. The molecule has 2 rings (SSSR count). The van der Waals surface area contributed by atoms with Crippen LogP contribution in [0.25, 0.3) is 0 Å². The fourth-order valence-electron chi connectivity index (χ4n) is 2.47. The van der Waals surface area contributed by atoms with Crippen molar-refractivity contribution in [3.63, 3.8) is 0 Å². The van der Waals surface area contributed by atoms with Gasteiger partial charge in [0, 0.05) is 12.1 Å². The Morgan fingerprint density at radius 2 is 2.36 bits per heavy atom. The molecule has 0 bridgehead atoms. The summed E-state index contributed by atoms with van der Waals surface area (Å²) in [5, 5.41) is 2.72. The van der Waals surface area contributed by atoms with E-state index in [0.29, 0.717) is 18.6 Å². The van der Waals surface area contributed by atoms with E-state index in [4.69, 9.17) is 4.74 Å². The van der Waals surface area contributed by atoms with Crippen LogP contribution in [0.1, 0.15) is 26.7 Å². The third kappa shape index (κ3) is 1.71. The zero-order valence-electron chi connectivity index (χ0n) is 8.82. The first-order chi connectivity index (χ1) is 6.68. The number of carbonyl (C=O) groups excluding carboxylic acids is 1. The number of hydrogen-bond acceptors (Lipinski definition) is 3. The van der Waals surface area contributed by atoms with Gasteiger partial charge in [-0.3, -0.25) is 4.90 Å².